The molecule has 0 fully saturated rings. The van der Waals surface area contributed by atoms with Gasteiger partial charge in [0, 0.05) is 17.2 Å². The molecule has 0 unspecified atom stereocenters. The van der Waals surface area contributed by atoms with Gasteiger partial charge in [-0.05, 0) is 42.0 Å². The second-order valence-electron chi connectivity index (χ2n) is 3.95. The second-order valence-corrected chi connectivity index (χ2v) is 4.39. The standard InChI is InChI=1S/C15H10ClFO3/c16-11-2-1-3-13(8-11)20-14-7-10(4-5-15(18)19)6-12(17)9-14/h1-9H,(H,18,19)/b5-4+. The van der Waals surface area contributed by atoms with E-state index in [9.17, 15) is 9.18 Å². The summed E-state index contributed by atoms with van der Waals surface area (Å²) in [6, 6.07) is 10.6. The Bertz CT molecular complexity index is 668. The lowest BCUT2D eigenvalue weighted by molar-refractivity contribution is -0.131. The highest BCUT2D eigenvalue weighted by Crippen LogP contribution is 2.26. The zero-order valence-corrected chi connectivity index (χ0v) is 11.0. The summed E-state index contributed by atoms with van der Waals surface area (Å²) in [7, 11) is 0. The van der Waals surface area contributed by atoms with Gasteiger partial charge in [-0.3, -0.25) is 0 Å². The molecule has 0 saturated heterocycles. The van der Waals surface area contributed by atoms with Crippen LogP contribution in [0.5, 0.6) is 11.5 Å². The lowest BCUT2D eigenvalue weighted by atomic mass is 10.2. The van der Waals surface area contributed by atoms with Gasteiger partial charge in [-0.15, -0.1) is 0 Å². The van der Waals surface area contributed by atoms with Crippen molar-refractivity contribution in [1.29, 1.82) is 0 Å². The molecule has 102 valence electrons. The Kier molecular flexibility index (Phi) is 4.38. The van der Waals surface area contributed by atoms with Gasteiger partial charge in [0.05, 0.1) is 0 Å². The molecule has 0 amide bonds. The normalized spacial score (nSPS) is 10.7. The van der Waals surface area contributed by atoms with Gasteiger partial charge < -0.3 is 9.84 Å². The molecule has 20 heavy (non-hydrogen) atoms. The number of benzene rings is 2. The molecule has 0 radical (unpaired) electrons. The van der Waals surface area contributed by atoms with Crippen LogP contribution in [0.3, 0.4) is 0 Å². The van der Waals surface area contributed by atoms with Gasteiger partial charge in [-0.1, -0.05) is 17.7 Å². The largest absolute Gasteiger partial charge is 0.478 e. The first kappa shape index (κ1) is 14.1. The highest BCUT2D eigenvalue weighted by atomic mass is 35.5. The highest BCUT2D eigenvalue weighted by molar-refractivity contribution is 6.30. The number of aliphatic carboxylic acids is 1. The Labute approximate surface area is 119 Å². The predicted molar refractivity (Wildman–Crippen MR) is 74.6 cm³/mol. The first-order valence-electron chi connectivity index (χ1n) is 5.68. The Hall–Kier alpha value is -2.33. The number of carbonyl (C=O) groups is 1. The van der Waals surface area contributed by atoms with Crippen molar-refractivity contribution in [2.45, 2.75) is 0 Å². The Morgan fingerprint density at radius 1 is 1.20 bits per heavy atom. The minimum Gasteiger partial charge on any atom is -0.478 e. The van der Waals surface area contributed by atoms with E-state index in [0.717, 1.165) is 6.08 Å². The van der Waals surface area contributed by atoms with E-state index in [1.807, 2.05) is 0 Å². The van der Waals surface area contributed by atoms with Gasteiger partial charge in [-0.2, -0.15) is 0 Å². The summed E-state index contributed by atoms with van der Waals surface area (Å²) >= 11 is 5.83. The fraction of sp³-hybridized carbons (Fsp3) is 0. The molecule has 0 spiro atoms. The quantitative estimate of drug-likeness (QED) is 0.851. The van der Waals surface area contributed by atoms with Crippen LogP contribution < -0.4 is 4.74 Å². The third kappa shape index (κ3) is 4.10. The molecule has 0 atom stereocenters. The van der Waals surface area contributed by atoms with E-state index in [1.165, 1.54) is 24.3 Å². The summed E-state index contributed by atoms with van der Waals surface area (Å²) in [4.78, 5) is 10.4. The van der Waals surface area contributed by atoms with Gasteiger partial charge in [0.25, 0.3) is 0 Å². The van der Waals surface area contributed by atoms with Crippen molar-refractivity contribution in [2.24, 2.45) is 0 Å². The number of rotatable bonds is 4. The van der Waals surface area contributed by atoms with E-state index in [0.29, 0.717) is 16.3 Å². The summed E-state index contributed by atoms with van der Waals surface area (Å²) in [6.45, 7) is 0. The highest BCUT2D eigenvalue weighted by Gasteiger charge is 2.03. The van der Waals surface area contributed by atoms with E-state index in [-0.39, 0.29) is 5.75 Å². The summed E-state index contributed by atoms with van der Waals surface area (Å²) < 4.78 is 18.9. The van der Waals surface area contributed by atoms with Crippen LogP contribution in [0.25, 0.3) is 6.08 Å². The summed E-state index contributed by atoms with van der Waals surface area (Å²) in [5, 5.41) is 9.06. The molecule has 3 nitrogen and oxygen atoms in total. The molecule has 1 N–H and O–H groups in total. The molecule has 0 aromatic heterocycles. The SMILES string of the molecule is O=C(O)/C=C/c1cc(F)cc(Oc2cccc(Cl)c2)c1. The summed E-state index contributed by atoms with van der Waals surface area (Å²) in [5.74, 6) is -0.894. The second kappa shape index (κ2) is 6.21. The molecular formula is C15H10ClFO3. The minimum absolute atomic E-state index is 0.261. The van der Waals surface area contributed by atoms with Crippen LogP contribution in [0.4, 0.5) is 4.39 Å². The third-order valence-electron chi connectivity index (χ3n) is 2.34. The molecule has 0 saturated carbocycles. The fourth-order valence-electron chi connectivity index (χ4n) is 1.57. The van der Waals surface area contributed by atoms with Gasteiger partial charge in [0.1, 0.15) is 17.3 Å². The van der Waals surface area contributed by atoms with Crippen molar-refractivity contribution in [3.05, 3.63) is 64.9 Å². The monoisotopic (exact) mass is 292 g/mol. The van der Waals surface area contributed by atoms with Crippen molar-refractivity contribution < 1.29 is 19.0 Å². The third-order valence-corrected chi connectivity index (χ3v) is 2.58. The summed E-state index contributed by atoms with van der Waals surface area (Å²) in [5.41, 5.74) is 0.393. The molecular weight excluding hydrogens is 283 g/mol. The Morgan fingerprint density at radius 3 is 2.70 bits per heavy atom. The maximum atomic E-state index is 13.4. The van der Waals surface area contributed by atoms with Crippen molar-refractivity contribution in [3.8, 4) is 11.5 Å². The van der Waals surface area contributed by atoms with Gasteiger partial charge in [-0.25, -0.2) is 9.18 Å². The van der Waals surface area contributed by atoms with E-state index in [4.69, 9.17) is 21.4 Å². The van der Waals surface area contributed by atoms with Crippen molar-refractivity contribution in [1.82, 2.24) is 0 Å². The average Bonchev–Trinajstić information content (AvgIpc) is 2.35. The zero-order valence-electron chi connectivity index (χ0n) is 10.2. The number of ether oxygens (including phenoxy) is 1. The van der Waals surface area contributed by atoms with Crippen molar-refractivity contribution >= 4 is 23.6 Å². The smallest absolute Gasteiger partial charge is 0.328 e. The zero-order chi connectivity index (χ0) is 14.5. The average molecular weight is 293 g/mol. The molecule has 0 bridgehead atoms. The topological polar surface area (TPSA) is 46.5 Å². The Morgan fingerprint density at radius 2 is 2.00 bits per heavy atom. The minimum atomic E-state index is -1.11. The van der Waals surface area contributed by atoms with Crippen LogP contribution in [0, 0.1) is 5.82 Å². The maximum absolute atomic E-state index is 13.4. The van der Waals surface area contributed by atoms with Crippen LogP contribution in [0.2, 0.25) is 5.02 Å². The van der Waals surface area contributed by atoms with Crippen LogP contribution >= 0.6 is 11.6 Å². The maximum Gasteiger partial charge on any atom is 0.328 e. The number of hydrogen-bond acceptors (Lipinski definition) is 2. The van der Waals surface area contributed by atoms with Crippen LogP contribution in [0.15, 0.2) is 48.5 Å². The number of hydrogen-bond donors (Lipinski definition) is 1. The number of carboxylic acids is 1. The van der Waals surface area contributed by atoms with Crippen LogP contribution in [-0.4, -0.2) is 11.1 Å². The predicted octanol–water partition coefficient (Wildman–Crippen LogP) is 4.37. The van der Waals surface area contributed by atoms with E-state index in [2.05, 4.69) is 0 Å². The van der Waals surface area contributed by atoms with E-state index >= 15 is 0 Å². The van der Waals surface area contributed by atoms with Crippen molar-refractivity contribution in [2.75, 3.05) is 0 Å². The van der Waals surface area contributed by atoms with Crippen LogP contribution in [-0.2, 0) is 4.79 Å². The first-order chi connectivity index (χ1) is 9.52. The van der Waals surface area contributed by atoms with Gasteiger partial charge in [0.2, 0.25) is 0 Å². The van der Waals surface area contributed by atoms with E-state index < -0.39 is 11.8 Å². The molecule has 0 aliphatic rings. The van der Waals surface area contributed by atoms with Gasteiger partial charge in [0.15, 0.2) is 0 Å². The number of halogens is 2. The molecule has 2 aromatic carbocycles. The molecule has 2 aromatic rings. The molecule has 0 heterocycles. The van der Waals surface area contributed by atoms with Crippen LogP contribution in [0.1, 0.15) is 5.56 Å². The molecule has 0 aliphatic carbocycles. The molecule has 0 aliphatic heterocycles. The van der Waals surface area contributed by atoms with Crippen molar-refractivity contribution in [3.63, 3.8) is 0 Å². The number of carboxylic acid groups (broad SMARTS) is 1. The van der Waals surface area contributed by atoms with E-state index in [1.54, 1.807) is 24.3 Å². The Balaban J connectivity index is 2.26. The van der Waals surface area contributed by atoms with Gasteiger partial charge >= 0.3 is 5.97 Å². The molecule has 5 heteroatoms. The first-order valence-corrected chi connectivity index (χ1v) is 6.06. The molecule has 2 rings (SSSR count). The fourth-order valence-corrected chi connectivity index (χ4v) is 1.75. The summed E-state index contributed by atoms with van der Waals surface area (Å²) in [6.07, 6.45) is 2.22. The lowest BCUT2D eigenvalue weighted by Gasteiger charge is -2.07. The lowest BCUT2D eigenvalue weighted by Crippen LogP contribution is -1.89.